The number of benzene rings is 2. The molecule has 2 aromatic carbocycles. The predicted octanol–water partition coefficient (Wildman–Crippen LogP) is 5.09. The number of carbonyl (C=O) groups excluding carboxylic acids is 1. The van der Waals surface area contributed by atoms with E-state index in [0.29, 0.717) is 12.6 Å². The number of hydrogen-bond acceptors (Lipinski definition) is 3. The summed E-state index contributed by atoms with van der Waals surface area (Å²) < 4.78 is 13.4. The highest BCUT2D eigenvalue weighted by atomic mass is 19.1. The molecule has 1 aliphatic heterocycles. The molecule has 2 amide bonds. The maximum absolute atomic E-state index is 13.4. The first kappa shape index (κ1) is 24.1. The second-order valence-corrected chi connectivity index (χ2v) is 9.26. The Balaban J connectivity index is 1.58. The summed E-state index contributed by atoms with van der Waals surface area (Å²) in [5.74, 6) is -0.0275. The van der Waals surface area contributed by atoms with Gasteiger partial charge in [0.25, 0.3) is 0 Å². The Morgan fingerprint density at radius 1 is 1.22 bits per heavy atom. The maximum Gasteiger partial charge on any atom is 0.321 e. The van der Waals surface area contributed by atoms with E-state index in [0.717, 1.165) is 37.2 Å². The Morgan fingerprint density at radius 3 is 2.44 bits per heavy atom. The van der Waals surface area contributed by atoms with E-state index in [1.165, 1.54) is 17.8 Å². The quantitative estimate of drug-likeness (QED) is 0.601. The summed E-state index contributed by atoms with van der Waals surface area (Å²) in [5, 5.41) is 6.34. The highest BCUT2D eigenvalue weighted by Crippen LogP contribution is 2.36. The lowest BCUT2D eigenvalue weighted by atomic mass is 9.70. The summed E-state index contributed by atoms with van der Waals surface area (Å²) in [4.78, 5) is 16.9. The normalized spacial score (nSPS) is 18.8. The van der Waals surface area contributed by atoms with Crippen molar-refractivity contribution in [1.29, 1.82) is 0 Å². The molecule has 0 radical (unpaired) electrons. The van der Waals surface area contributed by atoms with Crippen molar-refractivity contribution in [2.24, 2.45) is 5.92 Å². The minimum Gasteiger partial charge on any atom is -0.370 e. The van der Waals surface area contributed by atoms with Crippen molar-refractivity contribution in [3.8, 4) is 0 Å². The van der Waals surface area contributed by atoms with Gasteiger partial charge in [0.15, 0.2) is 0 Å². The zero-order chi connectivity index (χ0) is 23.3. The second-order valence-electron chi connectivity index (χ2n) is 9.26. The van der Waals surface area contributed by atoms with E-state index >= 15 is 0 Å². The molecule has 1 fully saturated rings. The molecule has 3 unspecified atom stereocenters. The summed E-state index contributed by atoms with van der Waals surface area (Å²) in [6.07, 6.45) is 2.05. The van der Waals surface area contributed by atoms with Crippen LogP contribution in [0.15, 0.2) is 48.5 Å². The molecule has 6 heteroatoms. The van der Waals surface area contributed by atoms with Gasteiger partial charge < -0.3 is 20.4 Å². The molecule has 32 heavy (non-hydrogen) atoms. The van der Waals surface area contributed by atoms with Gasteiger partial charge in [-0.05, 0) is 73.2 Å². The smallest absolute Gasteiger partial charge is 0.321 e. The molecule has 1 saturated heterocycles. The molecule has 0 spiro atoms. The molecule has 0 aromatic heterocycles. The first-order chi connectivity index (χ1) is 15.3. The van der Waals surface area contributed by atoms with Gasteiger partial charge in [-0.1, -0.05) is 32.9 Å². The molecular weight excluding hydrogens is 403 g/mol. The van der Waals surface area contributed by atoms with Crippen LogP contribution in [0.5, 0.6) is 0 Å². The van der Waals surface area contributed by atoms with E-state index in [1.807, 2.05) is 38.4 Å². The first-order valence-electron chi connectivity index (χ1n) is 11.6. The van der Waals surface area contributed by atoms with E-state index in [-0.39, 0.29) is 23.2 Å². The van der Waals surface area contributed by atoms with Gasteiger partial charge in [-0.2, -0.15) is 0 Å². The zero-order valence-corrected chi connectivity index (χ0v) is 20.0. The van der Waals surface area contributed by atoms with Gasteiger partial charge in [0.1, 0.15) is 5.82 Å². The predicted molar refractivity (Wildman–Crippen MR) is 131 cm³/mol. The largest absolute Gasteiger partial charge is 0.370 e. The monoisotopic (exact) mass is 440 g/mol. The van der Waals surface area contributed by atoms with Crippen molar-refractivity contribution >= 4 is 17.4 Å². The molecule has 3 rings (SSSR count). The van der Waals surface area contributed by atoms with Crippen LogP contribution in [0, 0.1) is 11.7 Å². The van der Waals surface area contributed by atoms with E-state index in [4.69, 9.17) is 0 Å². The van der Waals surface area contributed by atoms with Gasteiger partial charge >= 0.3 is 6.03 Å². The summed E-state index contributed by atoms with van der Waals surface area (Å²) in [6.45, 7) is 9.13. The summed E-state index contributed by atoms with van der Waals surface area (Å²) in [6, 6.07) is 15.2. The van der Waals surface area contributed by atoms with Crippen molar-refractivity contribution in [1.82, 2.24) is 10.2 Å². The van der Waals surface area contributed by atoms with Crippen LogP contribution in [-0.4, -0.2) is 50.7 Å². The number of carbonyl (C=O) groups is 1. The van der Waals surface area contributed by atoms with E-state index in [1.54, 1.807) is 4.90 Å². The highest BCUT2D eigenvalue weighted by Gasteiger charge is 2.32. The minimum atomic E-state index is -0.228. The Hall–Kier alpha value is -2.60. The van der Waals surface area contributed by atoms with Crippen molar-refractivity contribution < 1.29 is 9.18 Å². The summed E-state index contributed by atoms with van der Waals surface area (Å²) in [7, 11) is 3.83. The van der Waals surface area contributed by atoms with Crippen LogP contribution >= 0.6 is 0 Å². The Kier molecular flexibility index (Phi) is 7.77. The van der Waals surface area contributed by atoms with Gasteiger partial charge in [0, 0.05) is 44.1 Å². The average molecular weight is 441 g/mol. The lowest BCUT2D eigenvalue weighted by Gasteiger charge is -2.37. The molecule has 174 valence electrons. The molecule has 1 aliphatic rings. The fourth-order valence-electron chi connectivity index (χ4n) is 4.57. The minimum absolute atomic E-state index is 0.126. The SMILES string of the molecule is CCC(C)(c1ccc(F)cc1)C(C)CN(C)C(=O)Nc1ccc(N2CCC(NC)C2)cc1. The molecule has 0 saturated carbocycles. The lowest BCUT2D eigenvalue weighted by molar-refractivity contribution is 0.195. The van der Waals surface area contributed by atoms with Crippen LogP contribution in [0.3, 0.4) is 0 Å². The number of halogens is 1. The molecule has 5 nitrogen and oxygen atoms in total. The van der Waals surface area contributed by atoms with Crippen molar-refractivity contribution in [3.63, 3.8) is 0 Å². The van der Waals surface area contributed by atoms with E-state index in [2.05, 4.69) is 48.4 Å². The van der Waals surface area contributed by atoms with Crippen LogP contribution in [0.25, 0.3) is 0 Å². The van der Waals surface area contributed by atoms with Crippen LogP contribution in [0.1, 0.15) is 39.2 Å². The Labute approximate surface area is 192 Å². The molecule has 0 aliphatic carbocycles. The zero-order valence-electron chi connectivity index (χ0n) is 20.0. The fourth-order valence-corrected chi connectivity index (χ4v) is 4.57. The number of hydrogen-bond donors (Lipinski definition) is 2. The first-order valence-corrected chi connectivity index (χ1v) is 11.6. The van der Waals surface area contributed by atoms with Crippen LogP contribution in [0.2, 0.25) is 0 Å². The summed E-state index contributed by atoms with van der Waals surface area (Å²) >= 11 is 0. The van der Waals surface area contributed by atoms with Gasteiger partial charge in [-0.25, -0.2) is 9.18 Å². The fraction of sp³-hybridized carbons (Fsp3) is 0.500. The summed E-state index contributed by atoms with van der Waals surface area (Å²) in [5.41, 5.74) is 2.92. The van der Waals surface area contributed by atoms with Gasteiger partial charge in [0.2, 0.25) is 0 Å². The molecule has 2 N–H and O–H groups in total. The second kappa shape index (κ2) is 10.3. The van der Waals surface area contributed by atoms with Crippen LogP contribution in [0.4, 0.5) is 20.6 Å². The number of nitrogens with one attached hydrogen (secondary N) is 2. The Morgan fingerprint density at radius 2 is 1.88 bits per heavy atom. The molecule has 2 aromatic rings. The van der Waals surface area contributed by atoms with E-state index in [9.17, 15) is 9.18 Å². The Bertz CT molecular complexity index is 886. The van der Waals surface area contributed by atoms with Crippen LogP contribution < -0.4 is 15.5 Å². The molecule has 3 atom stereocenters. The van der Waals surface area contributed by atoms with Gasteiger partial charge in [0.05, 0.1) is 0 Å². The third-order valence-electron chi connectivity index (χ3n) is 7.30. The number of urea groups is 1. The van der Waals surface area contributed by atoms with E-state index < -0.39 is 0 Å². The highest BCUT2D eigenvalue weighted by molar-refractivity contribution is 5.89. The number of rotatable bonds is 8. The number of anilines is 2. The molecule has 1 heterocycles. The third kappa shape index (κ3) is 5.41. The lowest BCUT2D eigenvalue weighted by Crippen LogP contribution is -2.41. The molecule has 0 bridgehead atoms. The standard InChI is InChI=1S/C26H37FN4O/c1-6-26(3,20-7-9-21(27)10-8-20)19(2)17-30(5)25(32)29-22-11-13-24(14-12-22)31-16-15-23(18-31)28-4/h7-14,19,23,28H,6,15-18H2,1-5H3,(H,29,32). The van der Waals surface area contributed by atoms with Gasteiger partial charge in [-0.15, -0.1) is 0 Å². The molecular formula is C26H37FN4O. The number of amides is 2. The van der Waals surface area contributed by atoms with Crippen molar-refractivity contribution in [3.05, 3.63) is 59.9 Å². The average Bonchev–Trinajstić information content (AvgIpc) is 3.28. The van der Waals surface area contributed by atoms with Crippen molar-refractivity contribution in [2.75, 3.05) is 43.9 Å². The number of likely N-dealkylation sites (N-methyl/N-ethyl adjacent to an activating group) is 1. The van der Waals surface area contributed by atoms with Crippen LogP contribution in [-0.2, 0) is 5.41 Å². The maximum atomic E-state index is 13.4. The number of nitrogens with zero attached hydrogens (tertiary/aromatic N) is 2. The topological polar surface area (TPSA) is 47.6 Å². The van der Waals surface area contributed by atoms with Crippen molar-refractivity contribution in [2.45, 2.75) is 45.1 Å². The third-order valence-corrected chi connectivity index (χ3v) is 7.30. The van der Waals surface area contributed by atoms with Gasteiger partial charge in [-0.3, -0.25) is 0 Å².